The van der Waals surface area contributed by atoms with Gasteiger partial charge < -0.3 is 9.47 Å². The van der Waals surface area contributed by atoms with Crippen LogP contribution >= 0.6 is 15.9 Å². The highest BCUT2D eigenvalue weighted by Gasteiger charge is 2.15. The lowest BCUT2D eigenvalue weighted by Gasteiger charge is -2.05. The fourth-order valence-corrected chi connectivity index (χ4v) is 1.39. The molecule has 6 heteroatoms. The SMILES string of the molecule is CCOC(=O)COC(=O)c1ccc(Br)cc1F. The summed E-state index contributed by atoms with van der Waals surface area (Å²) in [6.45, 7) is 1.30. The van der Waals surface area contributed by atoms with Crippen LogP contribution in [0.5, 0.6) is 0 Å². The molecular weight excluding hydrogens is 295 g/mol. The first kappa shape index (κ1) is 13.6. The quantitative estimate of drug-likeness (QED) is 0.801. The highest BCUT2D eigenvalue weighted by Crippen LogP contribution is 2.15. The molecule has 1 aromatic carbocycles. The van der Waals surface area contributed by atoms with Crippen LogP contribution in [-0.2, 0) is 14.3 Å². The lowest BCUT2D eigenvalue weighted by atomic mass is 10.2. The Balaban J connectivity index is 2.61. The highest BCUT2D eigenvalue weighted by molar-refractivity contribution is 9.10. The van der Waals surface area contributed by atoms with Gasteiger partial charge in [-0.05, 0) is 25.1 Å². The van der Waals surface area contributed by atoms with Gasteiger partial charge in [0.05, 0.1) is 12.2 Å². The Morgan fingerprint density at radius 2 is 2.06 bits per heavy atom. The third-order valence-electron chi connectivity index (χ3n) is 1.78. The molecule has 92 valence electrons. The zero-order valence-corrected chi connectivity index (χ0v) is 10.6. The first-order valence-electron chi connectivity index (χ1n) is 4.82. The van der Waals surface area contributed by atoms with E-state index in [1.807, 2.05) is 0 Å². The minimum atomic E-state index is -0.900. The Bertz CT molecular complexity index is 433. The van der Waals surface area contributed by atoms with Crippen LogP contribution in [0.4, 0.5) is 4.39 Å². The molecule has 17 heavy (non-hydrogen) atoms. The second-order valence-electron chi connectivity index (χ2n) is 3.01. The van der Waals surface area contributed by atoms with Gasteiger partial charge in [0.1, 0.15) is 5.82 Å². The third kappa shape index (κ3) is 4.14. The van der Waals surface area contributed by atoms with E-state index in [0.717, 1.165) is 6.07 Å². The van der Waals surface area contributed by atoms with E-state index in [2.05, 4.69) is 25.4 Å². The maximum atomic E-state index is 13.3. The number of benzene rings is 1. The van der Waals surface area contributed by atoms with Gasteiger partial charge in [0.25, 0.3) is 0 Å². The Morgan fingerprint density at radius 3 is 2.65 bits per heavy atom. The van der Waals surface area contributed by atoms with Crippen LogP contribution in [0.1, 0.15) is 17.3 Å². The van der Waals surface area contributed by atoms with E-state index in [9.17, 15) is 14.0 Å². The molecule has 0 unspecified atom stereocenters. The standard InChI is InChI=1S/C11H10BrFO4/c1-2-16-10(14)6-17-11(15)8-4-3-7(12)5-9(8)13/h3-5H,2,6H2,1H3. The van der Waals surface area contributed by atoms with Gasteiger partial charge in [-0.15, -0.1) is 0 Å². The molecule has 0 aliphatic heterocycles. The average Bonchev–Trinajstić information content (AvgIpc) is 2.26. The normalized spacial score (nSPS) is 9.82. The van der Waals surface area contributed by atoms with Crippen molar-refractivity contribution in [3.05, 3.63) is 34.1 Å². The summed E-state index contributed by atoms with van der Waals surface area (Å²) in [6, 6.07) is 3.91. The van der Waals surface area contributed by atoms with Crippen LogP contribution in [0.3, 0.4) is 0 Å². The number of esters is 2. The Hall–Kier alpha value is -1.43. The van der Waals surface area contributed by atoms with Gasteiger partial charge in [0, 0.05) is 4.47 Å². The molecule has 0 saturated heterocycles. The summed E-state index contributed by atoms with van der Waals surface area (Å²) in [6.07, 6.45) is 0. The minimum Gasteiger partial charge on any atom is -0.463 e. The Labute approximate surface area is 106 Å². The molecule has 0 atom stereocenters. The average molecular weight is 305 g/mol. The summed E-state index contributed by atoms with van der Waals surface area (Å²) >= 11 is 3.06. The predicted molar refractivity (Wildman–Crippen MR) is 61.0 cm³/mol. The molecule has 0 aliphatic carbocycles. The van der Waals surface area contributed by atoms with Gasteiger partial charge in [-0.2, -0.15) is 0 Å². The van der Waals surface area contributed by atoms with Crippen LogP contribution < -0.4 is 0 Å². The Morgan fingerprint density at radius 1 is 1.35 bits per heavy atom. The molecule has 0 aromatic heterocycles. The summed E-state index contributed by atoms with van der Waals surface area (Å²) in [5, 5.41) is 0. The number of halogens is 2. The van der Waals surface area contributed by atoms with E-state index in [1.54, 1.807) is 6.92 Å². The van der Waals surface area contributed by atoms with E-state index in [-0.39, 0.29) is 12.2 Å². The molecule has 1 rings (SSSR count). The summed E-state index contributed by atoms with van der Waals surface area (Å²) < 4.78 is 23.0. The second kappa shape index (κ2) is 6.34. The molecule has 0 radical (unpaired) electrons. The molecule has 0 fully saturated rings. The van der Waals surface area contributed by atoms with E-state index < -0.39 is 24.4 Å². The zero-order valence-electron chi connectivity index (χ0n) is 9.04. The molecule has 0 heterocycles. The van der Waals surface area contributed by atoms with Crippen molar-refractivity contribution in [1.82, 2.24) is 0 Å². The van der Waals surface area contributed by atoms with Crippen molar-refractivity contribution in [3.8, 4) is 0 Å². The molecule has 0 saturated carbocycles. The van der Waals surface area contributed by atoms with Gasteiger partial charge in [0.2, 0.25) is 0 Å². The van der Waals surface area contributed by atoms with Gasteiger partial charge >= 0.3 is 11.9 Å². The van der Waals surface area contributed by atoms with Crippen LogP contribution in [0.15, 0.2) is 22.7 Å². The van der Waals surface area contributed by atoms with Crippen molar-refractivity contribution < 1.29 is 23.5 Å². The van der Waals surface area contributed by atoms with Gasteiger partial charge in [-0.1, -0.05) is 15.9 Å². The molecular formula is C11H10BrFO4. The number of hydrogen-bond acceptors (Lipinski definition) is 4. The fourth-order valence-electron chi connectivity index (χ4n) is 1.06. The number of rotatable bonds is 4. The van der Waals surface area contributed by atoms with Crippen molar-refractivity contribution >= 4 is 27.9 Å². The van der Waals surface area contributed by atoms with E-state index >= 15 is 0 Å². The van der Waals surface area contributed by atoms with Crippen molar-refractivity contribution in [2.75, 3.05) is 13.2 Å². The topological polar surface area (TPSA) is 52.6 Å². The van der Waals surface area contributed by atoms with Gasteiger partial charge in [-0.3, -0.25) is 0 Å². The van der Waals surface area contributed by atoms with E-state index in [0.29, 0.717) is 4.47 Å². The molecule has 0 bridgehead atoms. The van der Waals surface area contributed by atoms with E-state index in [1.165, 1.54) is 12.1 Å². The molecule has 0 amide bonds. The Kier molecular flexibility index (Phi) is 5.09. The maximum Gasteiger partial charge on any atom is 0.344 e. The lowest BCUT2D eigenvalue weighted by Crippen LogP contribution is -2.17. The second-order valence-corrected chi connectivity index (χ2v) is 3.92. The van der Waals surface area contributed by atoms with Crippen LogP contribution in [-0.4, -0.2) is 25.2 Å². The largest absolute Gasteiger partial charge is 0.463 e. The summed E-state index contributed by atoms with van der Waals surface area (Å²) in [4.78, 5) is 22.3. The number of ether oxygens (including phenoxy) is 2. The number of hydrogen-bond donors (Lipinski definition) is 0. The molecule has 0 N–H and O–H groups in total. The van der Waals surface area contributed by atoms with Gasteiger partial charge in [-0.25, -0.2) is 14.0 Å². The van der Waals surface area contributed by atoms with E-state index in [4.69, 9.17) is 0 Å². The van der Waals surface area contributed by atoms with Crippen LogP contribution in [0.25, 0.3) is 0 Å². The molecule has 0 spiro atoms. The first-order valence-corrected chi connectivity index (χ1v) is 5.61. The third-order valence-corrected chi connectivity index (χ3v) is 2.27. The van der Waals surface area contributed by atoms with Gasteiger partial charge in [0.15, 0.2) is 6.61 Å². The first-order chi connectivity index (χ1) is 8.04. The van der Waals surface area contributed by atoms with Crippen molar-refractivity contribution in [1.29, 1.82) is 0 Å². The van der Waals surface area contributed by atoms with Crippen molar-refractivity contribution in [3.63, 3.8) is 0 Å². The fraction of sp³-hybridized carbons (Fsp3) is 0.273. The minimum absolute atomic E-state index is 0.197. The number of carbonyl (C=O) groups excluding carboxylic acids is 2. The summed E-state index contributed by atoms with van der Waals surface area (Å²) in [7, 11) is 0. The number of carbonyl (C=O) groups is 2. The van der Waals surface area contributed by atoms with Crippen LogP contribution in [0, 0.1) is 5.82 Å². The van der Waals surface area contributed by atoms with Crippen LogP contribution in [0.2, 0.25) is 0 Å². The molecule has 1 aromatic rings. The summed E-state index contributed by atoms with van der Waals surface area (Å²) in [5.74, 6) is -2.28. The lowest BCUT2D eigenvalue weighted by molar-refractivity contribution is -0.146. The molecule has 0 aliphatic rings. The smallest absolute Gasteiger partial charge is 0.344 e. The monoisotopic (exact) mass is 304 g/mol. The summed E-state index contributed by atoms with van der Waals surface area (Å²) in [5.41, 5.74) is -0.225. The molecule has 4 nitrogen and oxygen atoms in total. The van der Waals surface area contributed by atoms with Crippen molar-refractivity contribution in [2.45, 2.75) is 6.92 Å². The zero-order chi connectivity index (χ0) is 12.8. The maximum absolute atomic E-state index is 13.3. The highest BCUT2D eigenvalue weighted by atomic mass is 79.9. The van der Waals surface area contributed by atoms with Crippen molar-refractivity contribution in [2.24, 2.45) is 0 Å². The predicted octanol–water partition coefficient (Wildman–Crippen LogP) is 2.31.